The van der Waals surface area contributed by atoms with Crippen LogP contribution in [0.3, 0.4) is 0 Å². The van der Waals surface area contributed by atoms with Crippen molar-refractivity contribution in [2.24, 2.45) is 0 Å². The number of hydrogen-bond acceptors (Lipinski definition) is 3. The van der Waals surface area contributed by atoms with Crippen LogP contribution in [-0.4, -0.2) is 28.8 Å². The second kappa shape index (κ2) is 4.94. The summed E-state index contributed by atoms with van der Waals surface area (Å²) in [6.45, 7) is 2.32. The maximum atomic E-state index is 12.9. The monoisotopic (exact) mass is 338 g/mol. The van der Waals surface area contributed by atoms with Crippen LogP contribution in [0.25, 0.3) is 0 Å². The van der Waals surface area contributed by atoms with E-state index in [-0.39, 0.29) is 23.4 Å². The van der Waals surface area contributed by atoms with Gasteiger partial charge in [0.25, 0.3) is 0 Å². The summed E-state index contributed by atoms with van der Waals surface area (Å²) >= 11 is 2.99. The van der Waals surface area contributed by atoms with Crippen molar-refractivity contribution in [2.75, 3.05) is 18.0 Å². The van der Waals surface area contributed by atoms with E-state index >= 15 is 0 Å². The Kier molecular flexibility index (Phi) is 3.79. The van der Waals surface area contributed by atoms with Crippen LogP contribution in [0.1, 0.15) is 25.3 Å². The minimum Gasteiger partial charge on any atom is -0.386 e. The maximum Gasteiger partial charge on any atom is 0.419 e. The molecule has 1 fully saturated rings. The number of nitrogens with zero attached hydrogens (tertiary/aromatic N) is 2. The quantitative estimate of drug-likeness (QED) is 0.919. The Balaban J connectivity index is 2.23. The highest BCUT2D eigenvalue weighted by molar-refractivity contribution is 9.10. The number of aromatic nitrogens is 1. The lowest BCUT2D eigenvalue weighted by Gasteiger charge is -2.47. The molecule has 19 heavy (non-hydrogen) atoms. The first-order valence-corrected chi connectivity index (χ1v) is 6.74. The summed E-state index contributed by atoms with van der Waals surface area (Å²) in [5, 5.41) is 10.0. The van der Waals surface area contributed by atoms with Crippen LogP contribution in [0.4, 0.5) is 19.0 Å². The number of aliphatic hydroxyl groups is 1. The molecule has 0 spiro atoms. The topological polar surface area (TPSA) is 36.4 Å². The number of pyridine rings is 1. The van der Waals surface area contributed by atoms with Crippen molar-refractivity contribution >= 4 is 21.7 Å². The number of alkyl halides is 3. The fourth-order valence-corrected chi connectivity index (χ4v) is 2.66. The molecule has 3 nitrogen and oxygen atoms in total. The lowest BCUT2D eigenvalue weighted by Crippen LogP contribution is -2.62. The minimum absolute atomic E-state index is 0.114. The van der Waals surface area contributed by atoms with E-state index in [2.05, 4.69) is 20.9 Å². The molecule has 106 valence electrons. The van der Waals surface area contributed by atoms with Crippen LogP contribution >= 0.6 is 15.9 Å². The van der Waals surface area contributed by atoms with Gasteiger partial charge in [-0.15, -0.1) is 0 Å². The fourth-order valence-electron chi connectivity index (χ4n) is 2.33. The number of halogens is 4. The molecule has 1 aromatic rings. The van der Waals surface area contributed by atoms with E-state index in [9.17, 15) is 18.3 Å². The second-order valence-corrected chi connectivity index (χ2v) is 5.77. The van der Waals surface area contributed by atoms with E-state index in [0.29, 0.717) is 6.42 Å². The zero-order chi connectivity index (χ0) is 14.3. The molecule has 2 heterocycles. The van der Waals surface area contributed by atoms with Crippen LogP contribution in [0.2, 0.25) is 0 Å². The Labute approximate surface area is 117 Å². The summed E-state index contributed by atoms with van der Waals surface area (Å²) in [7, 11) is 0. The second-order valence-electron chi connectivity index (χ2n) is 4.85. The highest BCUT2D eigenvalue weighted by atomic mass is 79.9. The zero-order valence-corrected chi connectivity index (χ0v) is 11.9. The lowest BCUT2D eigenvalue weighted by atomic mass is 9.89. The average molecular weight is 339 g/mol. The van der Waals surface area contributed by atoms with Crippen LogP contribution < -0.4 is 4.90 Å². The number of β-amino-alcohol motifs (C(OH)–C–C–N with tert-alkyl or cyclic N) is 1. The molecule has 1 aromatic heterocycles. The zero-order valence-electron chi connectivity index (χ0n) is 10.3. The SMILES string of the molecule is CCCC1(O)CN(c2ncc(Br)cc2C(F)(F)F)C1. The van der Waals surface area contributed by atoms with Gasteiger partial charge in [-0.2, -0.15) is 13.2 Å². The molecule has 2 rings (SSSR count). The largest absolute Gasteiger partial charge is 0.419 e. The highest BCUT2D eigenvalue weighted by Crippen LogP contribution is 2.40. The molecule has 0 atom stereocenters. The van der Waals surface area contributed by atoms with Crippen molar-refractivity contribution in [3.63, 3.8) is 0 Å². The number of anilines is 1. The molecule has 1 N–H and O–H groups in total. The molecule has 7 heteroatoms. The Hall–Kier alpha value is -0.820. The van der Waals surface area contributed by atoms with Crippen molar-refractivity contribution in [3.8, 4) is 0 Å². The summed E-state index contributed by atoms with van der Waals surface area (Å²) in [6.07, 6.45) is -1.74. The van der Waals surface area contributed by atoms with Crippen LogP contribution in [-0.2, 0) is 6.18 Å². The molecule has 0 radical (unpaired) electrons. The van der Waals surface area contributed by atoms with Crippen molar-refractivity contribution in [1.82, 2.24) is 4.98 Å². The van der Waals surface area contributed by atoms with E-state index < -0.39 is 17.3 Å². The van der Waals surface area contributed by atoms with E-state index in [1.165, 1.54) is 11.1 Å². The fraction of sp³-hybridized carbons (Fsp3) is 0.583. The Morgan fingerprint density at radius 1 is 1.47 bits per heavy atom. The first kappa shape index (κ1) is 14.6. The first-order valence-electron chi connectivity index (χ1n) is 5.95. The molecule has 1 aliphatic rings. The molecule has 1 saturated heterocycles. The van der Waals surface area contributed by atoms with Gasteiger partial charge in [-0.05, 0) is 28.4 Å². The van der Waals surface area contributed by atoms with Gasteiger partial charge in [-0.3, -0.25) is 0 Å². The van der Waals surface area contributed by atoms with Crippen molar-refractivity contribution in [3.05, 3.63) is 22.3 Å². The van der Waals surface area contributed by atoms with Gasteiger partial charge < -0.3 is 10.0 Å². The predicted molar refractivity (Wildman–Crippen MR) is 69.0 cm³/mol. The molecule has 0 aliphatic carbocycles. The predicted octanol–water partition coefficient (Wildman–Crippen LogP) is 3.21. The van der Waals surface area contributed by atoms with Crippen LogP contribution in [0, 0.1) is 0 Å². The molecule has 0 aromatic carbocycles. The molecule has 1 aliphatic heterocycles. The molecule has 0 unspecified atom stereocenters. The number of rotatable bonds is 3. The molecule has 0 amide bonds. The van der Waals surface area contributed by atoms with Crippen LogP contribution in [0.5, 0.6) is 0 Å². The standard InChI is InChI=1S/C12H14BrF3N2O/c1-2-3-11(19)6-18(7-11)10-9(12(14,15)16)4-8(13)5-17-10/h4-5,19H,2-3,6-7H2,1H3. The van der Waals surface area contributed by atoms with Crippen molar-refractivity contribution in [2.45, 2.75) is 31.5 Å². The lowest BCUT2D eigenvalue weighted by molar-refractivity contribution is -0.137. The Morgan fingerprint density at radius 2 is 2.11 bits per heavy atom. The van der Waals surface area contributed by atoms with Gasteiger partial charge in [0, 0.05) is 23.8 Å². The van der Waals surface area contributed by atoms with E-state index in [4.69, 9.17) is 0 Å². The molecular formula is C12H14BrF3N2O. The summed E-state index contributed by atoms with van der Waals surface area (Å²) in [5.74, 6) is -0.114. The normalized spacial score (nSPS) is 18.3. The third-order valence-corrected chi connectivity index (χ3v) is 3.56. The smallest absolute Gasteiger partial charge is 0.386 e. The van der Waals surface area contributed by atoms with E-state index in [1.807, 2.05) is 6.92 Å². The number of hydrogen-bond donors (Lipinski definition) is 1. The Bertz CT molecular complexity index is 473. The third-order valence-electron chi connectivity index (χ3n) is 3.12. The van der Waals surface area contributed by atoms with Gasteiger partial charge in [0.2, 0.25) is 0 Å². The van der Waals surface area contributed by atoms with E-state index in [1.54, 1.807) is 0 Å². The third kappa shape index (κ3) is 3.02. The van der Waals surface area contributed by atoms with Gasteiger partial charge >= 0.3 is 6.18 Å². The molecule has 0 bridgehead atoms. The summed E-state index contributed by atoms with van der Waals surface area (Å²) < 4.78 is 39.1. The molecular weight excluding hydrogens is 325 g/mol. The van der Waals surface area contributed by atoms with Gasteiger partial charge in [0.15, 0.2) is 0 Å². The van der Waals surface area contributed by atoms with Crippen molar-refractivity contribution in [1.29, 1.82) is 0 Å². The van der Waals surface area contributed by atoms with Gasteiger partial charge in [-0.25, -0.2) is 4.98 Å². The summed E-state index contributed by atoms with van der Waals surface area (Å²) in [4.78, 5) is 5.30. The van der Waals surface area contributed by atoms with E-state index in [0.717, 1.165) is 12.5 Å². The van der Waals surface area contributed by atoms with Gasteiger partial charge in [0.1, 0.15) is 5.82 Å². The highest BCUT2D eigenvalue weighted by Gasteiger charge is 2.44. The summed E-state index contributed by atoms with van der Waals surface area (Å²) in [5.41, 5.74) is -1.66. The summed E-state index contributed by atoms with van der Waals surface area (Å²) in [6, 6.07) is 1.01. The Morgan fingerprint density at radius 3 is 2.63 bits per heavy atom. The van der Waals surface area contributed by atoms with Gasteiger partial charge in [0.05, 0.1) is 11.2 Å². The molecule has 0 saturated carbocycles. The average Bonchev–Trinajstić information content (AvgIpc) is 2.25. The first-order chi connectivity index (χ1) is 8.75. The maximum absolute atomic E-state index is 12.9. The van der Waals surface area contributed by atoms with Gasteiger partial charge in [-0.1, -0.05) is 13.3 Å². The van der Waals surface area contributed by atoms with Crippen LogP contribution in [0.15, 0.2) is 16.7 Å². The van der Waals surface area contributed by atoms with Crippen molar-refractivity contribution < 1.29 is 18.3 Å². The minimum atomic E-state index is -4.45.